The number of piperidine rings is 1. The smallest absolute Gasteiger partial charge is 0.330 e. The molecule has 0 saturated carbocycles. The van der Waals surface area contributed by atoms with Gasteiger partial charge in [-0.15, -0.1) is 10.3 Å². The number of hydrogen-bond donors (Lipinski definition) is 0. The van der Waals surface area contributed by atoms with Crippen LogP contribution in [0.3, 0.4) is 0 Å². The molecular formula is C12H20NO3. The van der Waals surface area contributed by atoms with E-state index in [-0.39, 0.29) is 5.97 Å². The summed E-state index contributed by atoms with van der Waals surface area (Å²) in [6.45, 7) is 7.58. The highest BCUT2D eigenvalue weighted by atomic mass is 16.5. The molecule has 0 aliphatic carbocycles. The van der Waals surface area contributed by atoms with Gasteiger partial charge in [-0.3, -0.25) is 0 Å². The van der Waals surface area contributed by atoms with Crippen LogP contribution in [0.4, 0.5) is 0 Å². The Balaban J connectivity index is 2.95. The quantitative estimate of drug-likeness (QED) is 0.508. The molecule has 0 aromatic carbocycles. The van der Waals surface area contributed by atoms with E-state index in [2.05, 4.69) is 4.74 Å². The third-order valence-electron chi connectivity index (χ3n) is 2.94. The fourth-order valence-corrected chi connectivity index (χ4v) is 2.46. The molecule has 0 atom stereocenters. The molecule has 91 valence electrons. The molecule has 1 aliphatic heterocycles. The molecule has 0 amide bonds. The third kappa shape index (κ3) is 2.62. The number of ether oxygens (including phenoxy) is 1. The highest BCUT2D eigenvalue weighted by Gasteiger charge is 2.44. The lowest BCUT2D eigenvalue weighted by atomic mass is 9.79. The van der Waals surface area contributed by atoms with Crippen molar-refractivity contribution >= 4 is 5.97 Å². The summed E-state index contributed by atoms with van der Waals surface area (Å²) in [6, 6.07) is 0. The SMILES string of the molecule is COC(=O)C=C1CC(C)(C)N([O])C(C)(C)C1. The van der Waals surface area contributed by atoms with Crippen molar-refractivity contribution in [2.75, 3.05) is 7.11 Å². The van der Waals surface area contributed by atoms with Crippen LogP contribution in [0.15, 0.2) is 11.6 Å². The number of methoxy groups -OCH3 is 1. The zero-order valence-electron chi connectivity index (χ0n) is 10.7. The topological polar surface area (TPSA) is 49.4 Å². The Morgan fingerprint density at radius 1 is 1.25 bits per heavy atom. The maximum absolute atomic E-state index is 12.0. The zero-order valence-corrected chi connectivity index (χ0v) is 10.7. The largest absolute Gasteiger partial charge is 0.466 e. The summed E-state index contributed by atoms with van der Waals surface area (Å²) < 4.78 is 4.61. The first-order chi connectivity index (χ1) is 7.19. The Hall–Kier alpha value is -0.870. The lowest BCUT2D eigenvalue weighted by Crippen LogP contribution is -2.56. The Kier molecular flexibility index (Phi) is 3.45. The molecule has 0 aromatic heterocycles. The minimum Gasteiger partial charge on any atom is -0.466 e. The fraction of sp³-hybridized carbons (Fsp3) is 0.750. The predicted molar refractivity (Wildman–Crippen MR) is 60.0 cm³/mol. The molecule has 0 unspecified atom stereocenters. The molecule has 1 radical (unpaired) electrons. The first-order valence-electron chi connectivity index (χ1n) is 5.44. The lowest BCUT2D eigenvalue weighted by molar-refractivity contribution is -0.279. The summed E-state index contributed by atoms with van der Waals surface area (Å²) in [4.78, 5) is 11.2. The van der Waals surface area contributed by atoms with Gasteiger partial charge < -0.3 is 4.74 Å². The number of esters is 1. The molecule has 0 N–H and O–H groups in total. The number of carbonyl (C=O) groups excluding carboxylic acids is 1. The van der Waals surface area contributed by atoms with Crippen molar-refractivity contribution in [3.8, 4) is 0 Å². The van der Waals surface area contributed by atoms with Crippen LogP contribution in [-0.2, 0) is 14.7 Å². The third-order valence-corrected chi connectivity index (χ3v) is 2.94. The first kappa shape index (κ1) is 13.2. The van der Waals surface area contributed by atoms with Crippen LogP contribution in [0.5, 0.6) is 0 Å². The average Bonchev–Trinajstić information content (AvgIpc) is 2.13. The van der Waals surface area contributed by atoms with Gasteiger partial charge in [-0.05, 0) is 40.5 Å². The standard InChI is InChI=1S/C12H20NO3/c1-11(2)7-9(6-10(14)16-5)8-12(3,4)13(11)15/h6H,7-8H2,1-5H3. The molecule has 0 spiro atoms. The summed E-state index contributed by atoms with van der Waals surface area (Å²) in [6.07, 6.45) is 2.72. The zero-order chi connectivity index (χ0) is 12.6. The van der Waals surface area contributed by atoms with Gasteiger partial charge in [0.1, 0.15) is 0 Å². The van der Waals surface area contributed by atoms with E-state index in [1.807, 2.05) is 27.7 Å². The summed E-state index contributed by atoms with van der Waals surface area (Å²) >= 11 is 0. The second kappa shape index (κ2) is 4.18. The first-order valence-corrected chi connectivity index (χ1v) is 5.44. The molecule has 1 aliphatic rings. The normalized spacial score (nSPS) is 24.0. The van der Waals surface area contributed by atoms with Gasteiger partial charge in [0.05, 0.1) is 7.11 Å². The van der Waals surface area contributed by atoms with E-state index in [4.69, 9.17) is 0 Å². The minimum absolute atomic E-state index is 0.346. The lowest BCUT2D eigenvalue weighted by Gasteiger charge is -2.47. The number of hydroxylamine groups is 2. The van der Waals surface area contributed by atoms with Crippen molar-refractivity contribution in [1.82, 2.24) is 5.06 Å². The number of nitrogens with zero attached hydrogens (tertiary/aromatic N) is 1. The summed E-state index contributed by atoms with van der Waals surface area (Å²) in [5, 5.41) is 13.2. The van der Waals surface area contributed by atoms with E-state index >= 15 is 0 Å². The Labute approximate surface area is 96.8 Å². The second-order valence-corrected chi connectivity index (χ2v) is 5.60. The molecule has 1 heterocycles. The van der Waals surface area contributed by atoms with Crippen LogP contribution in [-0.4, -0.2) is 29.2 Å². The fourth-order valence-electron chi connectivity index (χ4n) is 2.46. The Bertz CT molecular complexity index is 298. The van der Waals surface area contributed by atoms with Crippen molar-refractivity contribution in [3.05, 3.63) is 11.6 Å². The van der Waals surface area contributed by atoms with Gasteiger partial charge in [-0.2, -0.15) is 0 Å². The summed E-state index contributed by atoms with van der Waals surface area (Å²) in [5.74, 6) is -0.346. The summed E-state index contributed by atoms with van der Waals surface area (Å²) in [7, 11) is 1.36. The van der Waals surface area contributed by atoms with Crippen LogP contribution in [0.1, 0.15) is 40.5 Å². The molecule has 4 heteroatoms. The molecule has 1 saturated heterocycles. The van der Waals surface area contributed by atoms with Crippen LogP contribution in [0.25, 0.3) is 0 Å². The van der Waals surface area contributed by atoms with E-state index in [9.17, 15) is 10.0 Å². The van der Waals surface area contributed by atoms with E-state index in [0.717, 1.165) is 10.6 Å². The number of carbonyl (C=O) groups is 1. The Morgan fingerprint density at radius 2 is 1.69 bits per heavy atom. The van der Waals surface area contributed by atoms with Crippen molar-refractivity contribution < 1.29 is 14.7 Å². The highest BCUT2D eigenvalue weighted by molar-refractivity contribution is 5.82. The molecule has 16 heavy (non-hydrogen) atoms. The van der Waals surface area contributed by atoms with Gasteiger partial charge in [0.15, 0.2) is 0 Å². The molecule has 0 bridgehead atoms. The van der Waals surface area contributed by atoms with Gasteiger partial charge in [-0.25, -0.2) is 4.79 Å². The van der Waals surface area contributed by atoms with Crippen molar-refractivity contribution in [2.45, 2.75) is 51.6 Å². The maximum atomic E-state index is 12.0. The van der Waals surface area contributed by atoms with Crippen LogP contribution < -0.4 is 0 Å². The van der Waals surface area contributed by atoms with Crippen molar-refractivity contribution in [1.29, 1.82) is 0 Å². The van der Waals surface area contributed by atoms with Crippen LogP contribution in [0, 0.1) is 0 Å². The van der Waals surface area contributed by atoms with E-state index in [0.29, 0.717) is 12.8 Å². The van der Waals surface area contributed by atoms with Gasteiger partial charge >= 0.3 is 5.97 Å². The van der Waals surface area contributed by atoms with Crippen LogP contribution >= 0.6 is 0 Å². The van der Waals surface area contributed by atoms with E-state index in [1.54, 1.807) is 0 Å². The number of hydrogen-bond acceptors (Lipinski definition) is 3. The second-order valence-electron chi connectivity index (χ2n) is 5.60. The summed E-state index contributed by atoms with van der Waals surface area (Å²) in [5.41, 5.74) is 0.0392. The minimum atomic E-state index is -0.471. The number of rotatable bonds is 1. The van der Waals surface area contributed by atoms with Gasteiger partial charge in [0.25, 0.3) is 0 Å². The van der Waals surface area contributed by atoms with E-state index < -0.39 is 11.1 Å². The predicted octanol–water partition coefficient (Wildman–Crippen LogP) is 2.08. The van der Waals surface area contributed by atoms with Gasteiger partial charge in [-0.1, -0.05) is 5.57 Å². The molecular weight excluding hydrogens is 206 g/mol. The van der Waals surface area contributed by atoms with Crippen molar-refractivity contribution in [3.63, 3.8) is 0 Å². The maximum Gasteiger partial charge on any atom is 0.330 e. The average molecular weight is 226 g/mol. The Morgan fingerprint density at radius 3 is 2.06 bits per heavy atom. The van der Waals surface area contributed by atoms with Crippen molar-refractivity contribution in [2.24, 2.45) is 0 Å². The molecule has 4 nitrogen and oxygen atoms in total. The van der Waals surface area contributed by atoms with Crippen LogP contribution in [0.2, 0.25) is 0 Å². The molecule has 0 aromatic rings. The van der Waals surface area contributed by atoms with Gasteiger partial charge in [0, 0.05) is 17.2 Å². The molecule has 1 rings (SSSR count). The monoisotopic (exact) mass is 226 g/mol. The van der Waals surface area contributed by atoms with Gasteiger partial charge in [0.2, 0.25) is 0 Å². The van der Waals surface area contributed by atoms with E-state index in [1.165, 1.54) is 13.2 Å². The highest BCUT2D eigenvalue weighted by Crippen LogP contribution is 2.39. The molecule has 1 fully saturated rings.